The minimum atomic E-state index is 0.293. The molecule has 0 unspecified atom stereocenters. The van der Waals surface area contributed by atoms with Crippen LogP contribution >= 0.6 is 11.3 Å². The molecule has 3 rings (SSSR count). The second-order valence-electron chi connectivity index (χ2n) is 5.85. The van der Waals surface area contributed by atoms with E-state index in [4.69, 9.17) is 4.98 Å². The molecule has 0 radical (unpaired) electrons. The van der Waals surface area contributed by atoms with E-state index in [0.29, 0.717) is 5.54 Å². The summed E-state index contributed by atoms with van der Waals surface area (Å²) in [5.41, 5.74) is 2.78. The molecule has 0 aliphatic heterocycles. The molecule has 0 amide bonds. The fraction of sp³-hybridized carbons (Fsp3) is 0.562. The minimum Gasteiger partial charge on any atom is -0.314 e. The van der Waals surface area contributed by atoms with Gasteiger partial charge in [0, 0.05) is 12.0 Å². The Labute approximate surface area is 119 Å². The van der Waals surface area contributed by atoms with Crippen molar-refractivity contribution in [3.8, 4) is 0 Å². The molecule has 1 heterocycles. The van der Waals surface area contributed by atoms with E-state index in [9.17, 15) is 0 Å². The molecule has 0 spiro atoms. The highest BCUT2D eigenvalue weighted by Crippen LogP contribution is 2.33. The predicted octanol–water partition coefficient (Wildman–Crippen LogP) is 4.07. The minimum absolute atomic E-state index is 0.293. The van der Waals surface area contributed by atoms with E-state index in [-0.39, 0.29) is 0 Å². The molecule has 1 saturated carbocycles. The highest BCUT2D eigenvalue weighted by atomic mass is 32.1. The van der Waals surface area contributed by atoms with Crippen LogP contribution in [-0.4, -0.2) is 17.6 Å². The van der Waals surface area contributed by atoms with E-state index in [0.717, 1.165) is 11.9 Å². The van der Waals surface area contributed by atoms with E-state index in [2.05, 4.69) is 37.5 Å². The van der Waals surface area contributed by atoms with E-state index in [1.165, 1.54) is 47.4 Å². The van der Waals surface area contributed by atoms with Crippen molar-refractivity contribution in [2.24, 2.45) is 0 Å². The van der Waals surface area contributed by atoms with Crippen LogP contribution in [-0.2, 0) is 6.42 Å². The zero-order valence-electron chi connectivity index (χ0n) is 11.8. The Morgan fingerprint density at radius 1 is 1.26 bits per heavy atom. The maximum Gasteiger partial charge on any atom is 0.0956 e. The number of likely N-dealkylation sites (N-methyl/N-ethyl adjacent to an activating group) is 1. The van der Waals surface area contributed by atoms with Gasteiger partial charge in [0.1, 0.15) is 0 Å². The van der Waals surface area contributed by atoms with Gasteiger partial charge in [-0.2, -0.15) is 0 Å². The van der Waals surface area contributed by atoms with Gasteiger partial charge in [-0.3, -0.25) is 0 Å². The van der Waals surface area contributed by atoms with Crippen LogP contribution in [0, 0.1) is 6.92 Å². The van der Waals surface area contributed by atoms with E-state index in [1.807, 2.05) is 11.3 Å². The van der Waals surface area contributed by atoms with Gasteiger partial charge in [-0.1, -0.05) is 25.3 Å². The average molecular weight is 274 g/mol. The van der Waals surface area contributed by atoms with Crippen molar-refractivity contribution >= 4 is 21.6 Å². The van der Waals surface area contributed by atoms with E-state index >= 15 is 0 Å². The second-order valence-corrected chi connectivity index (χ2v) is 6.96. The largest absolute Gasteiger partial charge is 0.314 e. The highest BCUT2D eigenvalue weighted by Gasteiger charge is 2.31. The van der Waals surface area contributed by atoms with Crippen LogP contribution in [0.25, 0.3) is 10.2 Å². The number of nitrogens with zero attached hydrogens (tertiary/aromatic N) is 1. The van der Waals surface area contributed by atoms with Gasteiger partial charge in [-0.15, -0.1) is 11.3 Å². The molecule has 1 aromatic carbocycles. The first-order valence-corrected chi connectivity index (χ1v) is 8.07. The summed E-state index contributed by atoms with van der Waals surface area (Å²) < 4.78 is 1.33. The summed E-state index contributed by atoms with van der Waals surface area (Å²) >= 11 is 1.87. The number of rotatable bonds is 3. The normalized spacial score (nSPS) is 18.8. The Kier molecular flexibility index (Phi) is 3.59. The Bertz CT molecular complexity index is 567. The zero-order valence-corrected chi connectivity index (χ0v) is 12.6. The lowest BCUT2D eigenvalue weighted by atomic mass is 9.79. The molecule has 1 N–H and O–H groups in total. The van der Waals surface area contributed by atoms with Gasteiger partial charge in [0.05, 0.1) is 15.2 Å². The van der Waals surface area contributed by atoms with Crippen molar-refractivity contribution < 1.29 is 0 Å². The van der Waals surface area contributed by atoms with Gasteiger partial charge in [0.25, 0.3) is 0 Å². The lowest BCUT2D eigenvalue weighted by molar-refractivity contribution is 0.244. The first-order chi connectivity index (χ1) is 9.21. The average Bonchev–Trinajstić information content (AvgIpc) is 2.81. The number of aromatic nitrogens is 1. The first-order valence-electron chi connectivity index (χ1n) is 7.26. The summed E-state index contributed by atoms with van der Waals surface area (Å²) in [6, 6.07) is 6.56. The van der Waals surface area contributed by atoms with Crippen molar-refractivity contribution in [2.45, 2.75) is 51.0 Å². The van der Waals surface area contributed by atoms with Crippen molar-refractivity contribution in [1.29, 1.82) is 0 Å². The fourth-order valence-corrected chi connectivity index (χ4v) is 4.40. The fourth-order valence-electron chi connectivity index (χ4n) is 3.19. The maximum atomic E-state index is 4.82. The van der Waals surface area contributed by atoms with Gasteiger partial charge in [-0.25, -0.2) is 4.98 Å². The molecule has 1 aliphatic carbocycles. The lowest BCUT2D eigenvalue weighted by Crippen LogP contribution is -2.46. The molecule has 2 aromatic rings. The van der Waals surface area contributed by atoms with Crippen LogP contribution < -0.4 is 5.32 Å². The van der Waals surface area contributed by atoms with Crippen LogP contribution in [0.2, 0.25) is 0 Å². The lowest BCUT2D eigenvalue weighted by Gasteiger charge is -2.36. The molecule has 0 saturated heterocycles. The molecule has 0 atom stereocenters. The van der Waals surface area contributed by atoms with Crippen LogP contribution in [0.4, 0.5) is 0 Å². The summed E-state index contributed by atoms with van der Waals surface area (Å²) in [6.07, 6.45) is 7.76. The monoisotopic (exact) mass is 274 g/mol. The van der Waals surface area contributed by atoms with Crippen LogP contribution in [0.5, 0.6) is 0 Å². The quantitative estimate of drug-likeness (QED) is 0.912. The van der Waals surface area contributed by atoms with Gasteiger partial charge >= 0.3 is 0 Å². The summed E-state index contributed by atoms with van der Waals surface area (Å²) in [5.74, 6) is 0. The van der Waals surface area contributed by atoms with Crippen LogP contribution in [0.3, 0.4) is 0 Å². The maximum absolute atomic E-state index is 4.82. The number of thiazole rings is 1. The van der Waals surface area contributed by atoms with Gasteiger partial charge in [-0.05, 0) is 44.5 Å². The third kappa shape index (κ3) is 2.67. The molecule has 1 fully saturated rings. The molecule has 1 aromatic heterocycles. The van der Waals surface area contributed by atoms with Crippen molar-refractivity contribution in [3.63, 3.8) is 0 Å². The molecule has 2 nitrogen and oxygen atoms in total. The number of benzene rings is 1. The highest BCUT2D eigenvalue weighted by molar-refractivity contribution is 7.18. The number of aryl methyl sites for hydroxylation is 1. The Morgan fingerprint density at radius 2 is 2.05 bits per heavy atom. The SMILES string of the molecule is CNC1(Cc2nc3ccc(C)cc3s2)CCCCC1. The smallest absolute Gasteiger partial charge is 0.0956 e. The molecule has 19 heavy (non-hydrogen) atoms. The Morgan fingerprint density at radius 3 is 2.79 bits per heavy atom. The van der Waals surface area contributed by atoms with E-state index in [1.54, 1.807) is 0 Å². The molecule has 0 bridgehead atoms. The molecular formula is C16H22N2S. The van der Waals surface area contributed by atoms with Crippen molar-refractivity contribution in [2.75, 3.05) is 7.05 Å². The molecule has 1 aliphatic rings. The number of nitrogens with one attached hydrogen (secondary N) is 1. The third-order valence-corrected chi connectivity index (χ3v) is 5.44. The van der Waals surface area contributed by atoms with E-state index < -0.39 is 0 Å². The van der Waals surface area contributed by atoms with Gasteiger partial charge in [0.2, 0.25) is 0 Å². The first kappa shape index (κ1) is 13.1. The van der Waals surface area contributed by atoms with Crippen molar-refractivity contribution in [1.82, 2.24) is 10.3 Å². The van der Waals surface area contributed by atoms with Crippen LogP contribution in [0.15, 0.2) is 18.2 Å². The third-order valence-electron chi connectivity index (χ3n) is 4.42. The van der Waals surface area contributed by atoms with Crippen LogP contribution in [0.1, 0.15) is 42.7 Å². The summed E-state index contributed by atoms with van der Waals surface area (Å²) in [5, 5.41) is 4.88. The molecular weight excluding hydrogens is 252 g/mol. The molecule has 102 valence electrons. The Hall–Kier alpha value is -0.930. The second kappa shape index (κ2) is 5.22. The van der Waals surface area contributed by atoms with Crippen molar-refractivity contribution in [3.05, 3.63) is 28.8 Å². The number of fused-ring (bicyclic) bond motifs is 1. The standard InChI is InChI=1S/C16H22N2S/c1-12-6-7-13-14(10-12)19-15(18-13)11-16(17-2)8-4-3-5-9-16/h6-7,10,17H,3-5,8-9,11H2,1-2H3. The number of hydrogen-bond donors (Lipinski definition) is 1. The zero-order chi connectivity index (χ0) is 13.3. The molecule has 3 heteroatoms. The predicted molar refractivity (Wildman–Crippen MR) is 82.9 cm³/mol. The number of hydrogen-bond acceptors (Lipinski definition) is 3. The summed E-state index contributed by atoms with van der Waals surface area (Å²) in [4.78, 5) is 4.82. The summed E-state index contributed by atoms with van der Waals surface area (Å²) in [6.45, 7) is 2.15. The Balaban J connectivity index is 1.87. The topological polar surface area (TPSA) is 24.9 Å². The van der Waals surface area contributed by atoms with Gasteiger partial charge < -0.3 is 5.32 Å². The summed E-state index contributed by atoms with van der Waals surface area (Å²) in [7, 11) is 2.11. The van der Waals surface area contributed by atoms with Gasteiger partial charge in [0.15, 0.2) is 0 Å².